The highest BCUT2D eigenvalue weighted by Gasteiger charge is 2.47. The van der Waals surface area contributed by atoms with E-state index in [1.165, 1.54) is 6.07 Å². The normalized spacial score (nSPS) is 20.2. The number of aryl methyl sites for hydroxylation is 2. The number of allylic oxidation sites excluding steroid dienone is 1. The molecule has 1 aromatic heterocycles. The molecule has 1 amide bonds. The number of fused-ring (bicyclic) bond motifs is 1. The van der Waals surface area contributed by atoms with Gasteiger partial charge in [0.15, 0.2) is 0 Å². The Balaban J connectivity index is 1.29. The van der Waals surface area contributed by atoms with Gasteiger partial charge in [0.05, 0.1) is 6.61 Å². The first-order valence-electron chi connectivity index (χ1n) is 10.9. The number of piperidine rings is 1. The summed E-state index contributed by atoms with van der Waals surface area (Å²) in [6.07, 6.45) is 4.13. The molecule has 3 heterocycles. The van der Waals surface area contributed by atoms with Crippen molar-refractivity contribution in [3.05, 3.63) is 58.7 Å². The molecule has 2 saturated heterocycles. The number of morpholine rings is 1. The molecule has 6 nitrogen and oxygen atoms in total. The fourth-order valence-corrected chi connectivity index (χ4v) is 4.95. The Bertz CT molecular complexity index is 1040. The zero-order valence-corrected chi connectivity index (χ0v) is 18.0. The molecule has 162 valence electrons. The van der Waals surface area contributed by atoms with Crippen molar-refractivity contribution in [2.24, 2.45) is 0 Å². The summed E-state index contributed by atoms with van der Waals surface area (Å²) in [4.78, 5) is 26.6. The van der Waals surface area contributed by atoms with Crippen molar-refractivity contribution in [3.63, 3.8) is 0 Å². The number of anilines is 1. The molecule has 1 aromatic carbocycles. The third-order valence-corrected chi connectivity index (χ3v) is 6.59. The highest BCUT2D eigenvalue weighted by Crippen LogP contribution is 2.35. The van der Waals surface area contributed by atoms with Gasteiger partial charge in [-0.1, -0.05) is 12.1 Å². The molecular weight excluding hydrogens is 395 g/mol. The van der Waals surface area contributed by atoms with Crippen molar-refractivity contribution in [2.45, 2.75) is 38.7 Å². The first-order chi connectivity index (χ1) is 14.9. The van der Waals surface area contributed by atoms with Crippen LogP contribution >= 0.6 is 0 Å². The number of ether oxygens (including phenoxy) is 1. The van der Waals surface area contributed by atoms with E-state index in [9.17, 15) is 9.18 Å². The quantitative estimate of drug-likeness (QED) is 0.761. The number of nitrogens with zero attached hydrogens (tertiary/aromatic N) is 4. The predicted octanol–water partition coefficient (Wildman–Crippen LogP) is 3.07. The van der Waals surface area contributed by atoms with Crippen molar-refractivity contribution in [2.75, 3.05) is 37.7 Å². The molecule has 5 rings (SSSR count). The molecular formula is C24H27FN4O2. The van der Waals surface area contributed by atoms with E-state index < -0.39 is 5.60 Å². The number of rotatable bonds is 3. The second-order valence-electron chi connectivity index (χ2n) is 8.74. The number of carbonyl (C=O) groups excluding carboxylic acids is 1. The average Bonchev–Trinajstić information content (AvgIpc) is 3.13. The Morgan fingerprint density at radius 1 is 1.10 bits per heavy atom. The fraction of sp³-hybridized carbons (Fsp3) is 0.458. The van der Waals surface area contributed by atoms with Crippen LogP contribution in [0, 0.1) is 19.7 Å². The van der Waals surface area contributed by atoms with Gasteiger partial charge in [-0.3, -0.25) is 4.79 Å². The number of aromatic nitrogens is 2. The maximum absolute atomic E-state index is 13.8. The van der Waals surface area contributed by atoms with Gasteiger partial charge in [-0.25, -0.2) is 14.4 Å². The molecule has 0 radical (unpaired) electrons. The van der Waals surface area contributed by atoms with E-state index in [1.54, 1.807) is 6.07 Å². The minimum absolute atomic E-state index is 0.0468. The summed E-state index contributed by atoms with van der Waals surface area (Å²) in [7, 11) is 0. The van der Waals surface area contributed by atoms with Crippen LogP contribution in [0.1, 0.15) is 35.4 Å². The molecule has 31 heavy (non-hydrogen) atoms. The summed E-state index contributed by atoms with van der Waals surface area (Å²) in [6.45, 7) is 6.89. The third kappa shape index (κ3) is 3.71. The van der Waals surface area contributed by atoms with Gasteiger partial charge in [-0.05, 0) is 55.2 Å². The van der Waals surface area contributed by atoms with Gasteiger partial charge >= 0.3 is 0 Å². The van der Waals surface area contributed by atoms with E-state index in [0.717, 1.165) is 40.5 Å². The van der Waals surface area contributed by atoms with Crippen LogP contribution in [0.4, 0.5) is 10.3 Å². The van der Waals surface area contributed by atoms with E-state index in [-0.39, 0.29) is 11.7 Å². The standard InChI is InChI=1S/C24H27FN4O2/c1-16-13-17(2)27-23(26-16)28-9-7-24(8-10-28)22(30)29(11-12-31-24)15-19-4-3-18-5-6-20(25)14-21(18)19/h4-6,13-14H,3,7-12,15H2,1-2H3. The van der Waals surface area contributed by atoms with Crippen LogP contribution in [-0.2, 0) is 16.0 Å². The summed E-state index contributed by atoms with van der Waals surface area (Å²) in [5, 5.41) is 0. The van der Waals surface area contributed by atoms with Crippen LogP contribution in [0.5, 0.6) is 0 Å². The summed E-state index contributed by atoms with van der Waals surface area (Å²) >= 11 is 0. The molecule has 1 spiro atoms. The van der Waals surface area contributed by atoms with Gasteiger partial charge < -0.3 is 14.5 Å². The first-order valence-corrected chi connectivity index (χ1v) is 10.9. The first kappa shape index (κ1) is 20.1. The maximum Gasteiger partial charge on any atom is 0.255 e. The lowest BCUT2D eigenvalue weighted by Crippen LogP contribution is -2.61. The number of amides is 1. The molecule has 7 heteroatoms. The zero-order chi connectivity index (χ0) is 21.6. The highest BCUT2D eigenvalue weighted by atomic mass is 19.1. The van der Waals surface area contributed by atoms with E-state index in [2.05, 4.69) is 20.9 Å². The molecule has 3 aliphatic rings. The Labute approximate surface area is 181 Å². The van der Waals surface area contributed by atoms with Crippen LogP contribution in [0.15, 0.2) is 30.3 Å². The Hall–Kier alpha value is -2.80. The van der Waals surface area contributed by atoms with Gasteiger partial charge in [0, 0.05) is 50.4 Å². The van der Waals surface area contributed by atoms with E-state index in [4.69, 9.17) is 4.74 Å². The zero-order valence-electron chi connectivity index (χ0n) is 18.0. The third-order valence-electron chi connectivity index (χ3n) is 6.59. The van der Waals surface area contributed by atoms with E-state index in [1.807, 2.05) is 30.9 Å². The van der Waals surface area contributed by atoms with Crippen molar-refractivity contribution in [1.82, 2.24) is 14.9 Å². The summed E-state index contributed by atoms with van der Waals surface area (Å²) in [5.41, 5.74) is 4.18. The Kier molecular flexibility index (Phi) is 5.01. The topological polar surface area (TPSA) is 58.6 Å². The number of carbonyl (C=O) groups is 1. The van der Waals surface area contributed by atoms with Gasteiger partial charge in [-0.15, -0.1) is 0 Å². The monoisotopic (exact) mass is 422 g/mol. The summed E-state index contributed by atoms with van der Waals surface area (Å²) in [6, 6.07) is 6.87. The fourth-order valence-electron chi connectivity index (χ4n) is 4.95. The van der Waals surface area contributed by atoms with Crippen molar-refractivity contribution in [1.29, 1.82) is 0 Å². The minimum Gasteiger partial charge on any atom is -0.363 e. The Morgan fingerprint density at radius 3 is 2.58 bits per heavy atom. The van der Waals surface area contributed by atoms with Crippen LogP contribution in [0.2, 0.25) is 0 Å². The molecule has 0 bridgehead atoms. The maximum atomic E-state index is 13.8. The lowest BCUT2D eigenvalue weighted by atomic mass is 9.88. The van der Waals surface area contributed by atoms with Crippen LogP contribution in [0.25, 0.3) is 5.57 Å². The number of hydrogen-bond donors (Lipinski definition) is 0. The highest BCUT2D eigenvalue weighted by molar-refractivity contribution is 5.88. The Morgan fingerprint density at radius 2 is 1.84 bits per heavy atom. The predicted molar refractivity (Wildman–Crippen MR) is 116 cm³/mol. The molecule has 0 N–H and O–H groups in total. The second kappa shape index (κ2) is 7.71. The van der Waals surface area contributed by atoms with Gasteiger partial charge in [0.1, 0.15) is 11.4 Å². The van der Waals surface area contributed by atoms with Crippen molar-refractivity contribution in [3.8, 4) is 0 Å². The van der Waals surface area contributed by atoms with Gasteiger partial charge in [0.25, 0.3) is 5.91 Å². The van der Waals surface area contributed by atoms with E-state index >= 15 is 0 Å². The van der Waals surface area contributed by atoms with Crippen molar-refractivity contribution < 1.29 is 13.9 Å². The van der Waals surface area contributed by atoms with Crippen LogP contribution in [-0.4, -0.2) is 59.2 Å². The second-order valence-corrected chi connectivity index (χ2v) is 8.74. The minimum atomic E-state index is -0.780. The lowest BCUT2D eigenvalue weighted by molar-refractivity contribution is -0.174. The SMILES string of the molecule is Cc1cc(C)nc(N2CCC3(CC2)OCCN(CC2=CCc4ccc(F)cc42)C3=O)n1. The smallest absolute Gasteiger partial charge is 0.255 e. The largest absolute Gasteiger partial charge is 0.363 e. The average molecular weight is 423 g/mol. The van der Waals surface area contributed by atoms with Gasteiger partial charge in [0.2, 0.25) is 5.95 Å². The van der Waals surface area contributed by atoms with Crippen LogP contribution < -0.4 is 4.90 Å². The van der Waals surface area contributed by atoms with E-state index in [0.29, 0.717) is 45.6 Å². The number of halogens is 1. The molecule has 0 atom stereocenters. The summed E-state index contributed by atoms with van der Waals surface area (Å²) in [5.74, 6) is 0.532. The lowest BCUT2D eigenvalue weighted by Gasteiger charge is -2.46. The number of benzene rings is 1. The molecule has 2 aromatic rings. The molecule has 2 fully saturated rings. The molecule has 0 saturated carbocycles. The van der Waals surface area contributed by atoms with Crippen molar-refractivity contribution >= 4 is 17.4 Å². The van der Waals surface area contributed by atoms with Gasteiger partial charge in [-0.2, -0.15) is 0 Å². The molecule has 0 unspecified atom stereocenters. The summed E-state index contributed by atoms with van der Waals surface area (Å²) < 4.78 is 19.9. The number of hydrogen-bond acceptors (Lipinski definition) is 5. The van der Waals surface area contributed by atoms with Crippen LogP contribution in [0.3, 0.4) is 0 Å². The molecule has 1 aliphatic carbocycles. The molecule has 2 aliphatic heterocycles.